The van der Waals surface area contributed by atoms with Crippen LogP contribution in [0.15, 0.2) is 30.5 Å². The number of hydrogen-bond acceptors (Lipinski definition) is 3. The SMILES string of the molecule is CN[C@H]1CCN(c2cc3cccc(C(C)(C)C)c3cn2)C1. The third-order valence-corrected chi connectivity index (χ3v) is 4.48. The molecule has 0 radical (unpaired) electrons. The highest BCUT2D eigenvalue weighted by Gasteiger charge is 2.23. The van der Waals surface area contributed by atoms with Gasteiger partial charge in [-0.1, -0.05) is 39.0 Å². The van der Waals surface area contributed by atoms with Gasteiger partial charge in [0.1, 0.15) is 5.82 Å². The van der Waals surface area contributed by atoms with E-state index in [9.17, 15) is 0 Å². The maximum absolute atomic E-state index is 4.73. The number of likely N-dealkylation sites (N-methyl/N-ethyl adjacent to an activating group) is 1. The minimum atomic E-state index is 0.146. The number of nitrogens with one attached hydrogen (secondary N) is 1. The van der Waals surface area contributed by atoms with Crippen molar-refractivity contribution in [3.63, 3.8) is 0 Å². The second-order valence-corrected chi connectivity index (χ2v) is 7.04. The fourth-order valence-corrected chi connectivity index (χ4v) is 3.19. The van der Waals surface area contributed by atoms with Gasteiger partial charge in [0.15, 0.2) is 0 Å². The molecule has 0 aliphatic carbocycles. The smallest absolute Gasteiger partial charge is 0.129 e. The molecule has 21 heavy (non-hydrogen) atoms. The quantitative estimate of drug-likeness (QED) is 0.916. The van der Waals surface area contributed by atoms with Crippen LogP contribution in [0.5, 0.6) is 0 Å². The molecule has 1 saturated heterocycles. The van der Waals surface area contributed by atoms with Crippen LogP contribution in [-0.4, -0.2) is 31.2 Å². The minimum absolute atomic E-state index is 0.146. The van der Waals surface area contributed by atoms with Crippen LogP contribution in [0.3, 0.4) is 0 Å². The number of nitrogens with zero attached hydrogens (tertiary/aromatic N) is 2. The third kappa shape index (κ3) is 2.75. The van der Waals surface area contributed by atoms with E-state index in [-0.39, 0.29) is 5.41 Å². The van der Waals surface area contributed by atoms with Crippen LogP contribution in [0.2, 0.25) is 0 Å². The summed E-state index contributed by atoms with van der Waals surface area (Å²) in [5, 5.41) is 5.93. The molecular weight excluding hydrogens is 258 g/mol. The second-order valence-electron chi connectivity index (χ2n) is 7.04. The van der Waals surface area contributed by atoms with Crippen molar-refractivity contribution in [2.24, 2.45) is 0 Å². The molecule has 2 aromatic rings. The van der Waals surface area contributed by atoms with Gasteiger partial charge in [-0.15, -0.1) is 0 Å². The van der Waals surface area contributed by atoms with E-state index in [0.29, 0.717) is 6.04 Å². The minimum Gasteiger partial charge on any atom is -0.355 e. The standard InChI is InChI=1S/C18H25N3/c1-18(2,3)16-7-5-6-13-10-17(20-11-15(13)16)21-9-8-14(12-21)19-4/h5-7,10-11,14,19H,8-9,12H2,1-4H3/t14-/m0/s1. The molecule has 2 heterocycles. The molecule has 112 valence electrons. The Bertz CT molecular complexity index is 642. The zero-order valence-electron chi connectivity index (χ0n) is 13.5. The number of fused-ring (bicyclic) bond motifs is 1. The number of hydrogen-bond donors (Lipinski definition) is 1. The van der Waals surface area contributed by atoms with Gasteiger partial charge in [0.05, 0.1) is 0 Å². The van der Waals surface area contributed by atoms with Crippen LogP contribution in [0.25, 0.3) is 10.8 Å². The molecule has 1 aliphatic heterocycles. The first-order chi connectivity index (χ1) is 9.99. The first-order valence-electron chi connectivity index (χ1n) is 7.80. The number of aromatic nitrogens is 1. The van der Waals surface area contributed by atoms with E-state index in [1.54, 1.807) is 0 Å². The average Bonchev–Trinajstić information content (AvgIpc) is 2.94. The average molecular weight is 283 g/mol. The number of benzene rings is 1. The van der Waals surface area contributed by atoms with Crippen molar-refractivity contribution in [1.29, 1.82) is 0 Å². The van der Waals surface area contributed by atoms with E-state index in [1.165, 1.54) is 22.8 Å². The van der Waals surface area contributed by atoms with Crippen molar-refractivity contribution in [3.8, 4) is 0 Å². The van der Waals surface area contributed by atoms with Gasteiger partial charge < -0.3 is 10.2 Å². The largest absolute Gasteiger partial charge is 0.355 e. The van der Waals surface area contributed by atoms with Crippen molar-refractivity contribution < 1.29 is 0 Å². The zero-order valence-corrected chi connectivity index (χ0v) is 13.5. The Hall–Kier alpha value is -1.61. The first kappa shape index (κ1) is 14.3. The van der Waals surface area contributed by atoms with Crippen LogP contribution in [0, 0.1) is 0 Å². The molecule has 1 aliphatic rings. The lowest BCUT2D eigenvalue weighted by atomic mass is 9.84. The van der Waals surface area contributed by atoms with Gasteiger partial charge in [0.25, 0.3) is 0 Å². The molecule has 3 nitrogen and oxygen atoms in total. The molecule has 3 heteroatoms. The van der Waals surface area contributed by atoms with Gasteiger partial charge in [-0.3, -0.25) is 0 Å². The lowest BCUT2D eigenvalue weighted by Crippen LogP contribution is -2.29. The molecule has 0 unspecified atom stereocenters. The summed E-state index contributed by atoms with van der Waals surface area (Å²) in [5.74, 6) is 1.10. The Kier molecular flexibility index (Phi) is 3.62. The number of anilines is 1. The van der Waals surface area contributed by atoms with Gasteiger partial charge in [-0.2, -0.15) is 0 Å². The van der Waals surface area contributed by atoms with Crippen molar-refractivity contribution in [2.45, 2.75) is 38.6 Å². The predicted octanol–water partition coefficient (Wildman–Crippen LogP) is 3.33. The van der Waals surface area contributed by atoms with Crippen LogP contribution < -0.4 is 10.2 Å². The van der Waals surface area contributed by atoms with Crippen LogP contribution in [0.1, 0.15) is 32.8 Å². The zero-order chi connectivity index (χ0) is 15.0. The van der Waals surface area contributed by atoms with Gasteiger partial charge in [0, 0.05) is 30.7 Å². The molecular formula is C18H25N3. The summed E-state index contributed by atoms with van der Waals surface area (Å²) in [7, 11) is 2.04. The van der Waals surface area contributed by atoms with Crippen molar-refractivity contribution >= 4 is 16.6 Å². The van der Waals surface area contributed by atoms with Crippen LogP contribution in [-0.2, 0) is 5.41 Å². The molecule has 3 rings (SSSR count). The number of rotatable bonds is 2. The second kappa shape index (κ2) is 5.30. The van der Waals surface area contributed by atoms with E-state index in [2.05, 4.69) is 61.5 Å². The van der Waals surface area contributed by atoms with E-state index in [4.69, 9.17) is 4.98 Å². The molecule has 0 bridgehead atoms. The van der Waals surface area contributed by atoms with Gasteiger partial charge in [0.2, 0.25) is 0 Å². The van der Waals surface area contributed by atoms with Crippen molar-refractivity contribution in [3.05, 3.63) is 36.0 Å². The monoisotopic (exact) mass is 283 g/mol. The molecule has 1 aromatic carbocycles. The Morgan fingerprint density at radius 1 is 1.29 bits per heavy atom. The lowest BCUT2D eigenvalue weighted by molar-refractivity contribution is 0.596. The highest BCUT2D eigenvalue weighted by atomic mass is 15.2. The van der Waals surface area contributed by atoms with E-state index < -0.39 is 0 Å². The molecule has 1 fully saturated rings. The Labute approximate surface area is 127 Å². The maximum Gasteiger partial charge on any atom is 0.129 e. The molecule has 0 amide bonds. The Balaban J connectivity index is 1.98. The molecule has 1 atom stereocenters. The summed E-state index contributed by atoms with van der Waals surface area (Å²) in [6.45, 7) is 8.91. The van der Waals surface area contributed by atoms with E-state index >= 15 is 0 Å². The van der Waals surface area contributed by atoms with Gasteiger partial charge in [-0.25, -0.2) is 4.98 Å². The summed E-state index contributed by atoms with van der Waals surface area (Å²) in [6, 6.07) is 9.40. The summed E-state index contributed by atoms with van der Waals surface area (Å²) >= 11 is 0. The molecule has 0 saturated carbocycles. The van der Waals surface area contributed by atoms with Gasteiger partial charge in [-0.05, 0) is 35.9 Å². The summed E-state index contributed by atoms with van der Waals surface area (Å²) in [4.78, 5) is 7.11. The first-order valence-corrected chi connectivity index (χ1v) is 7.80. The predicted molar refractivity (Wildman–Crippen MR) is 90.1 cm³/mol. The highest BCUT2D eigenvalue weighted by molar-refractivity contribution is 5.87. The molecule has 1 N–H and O–H groups in total. The summed E-state index contributed by atoms with van der Waals surface area (Å²) in [6.07, 6.45) is 3.25. The van der Waals surface area contributed by atoms with Crippen LogP contribution in [0.4, 0.5) is 5.82 Å². The highest BCUT2D eigenvalue weighted by Crippen LogP contribution is 2.31. The van der Waals surface area contributed by atoms with E-state index in [1.807, 2.05) is 7.05 Å². The molecule has 1 aromatic heterocycles. The topological polar surface area (TPSA) is 28.2 Å². The normalized spacial score (nSPS) is 19.4. The van der Waals surface area contributed by atoms with Crippen molar-refractivity contribution in [2.75, 3.05) is 25.0 Å². The maximum atomic E-state index is 4.73. The fourth-order valence-electron chi connectivity index (χ4n) is 3.19. The number of pyridine rings is 1. The molecule has 0 spiro atoms. The van der Waals surface area contributed by atoms with E-state index in [0.717, 1.165) is 18.9 Å². The lowest BCUT2D eigenvalue weighted by Gasteiger charge is -2.22. The summed E-state index contributed by atoms with van der Waals surface area (Å²) in [5.41, 5.74) is 1.52. The summed E-state index contributed by atoms with van der Waals surface area (Å²) < 4.78 is 0. The van der Waals surface area contributed by atoms with Crippen molar-refractivity contribution in [1.82, 2.24) is 10.3 Å². The fraction of sp³-hybridized carbons (Fsp3) is 0.500. The Morgan fingerprint density at radius 2 is 2.10 bits per heavy atom. The van der Waals surface area contributed by atoms with Crippen LogP contribution >= 0.6 is 0 Å². The Morgan fingerprint density at radius 3 is 2.76 bits per heavy atom. The van der Waals surface area contributed by atoms with Gasteiger partial charge >= 0.3 is 0 Å². The third-order valence-electron chi connectivity index (χ3n) is 4.48.